The molecule has 0 amide bonds. The summed E-state index contributed by atoms with van der Waals surface area (Å²) in [6, 6.07) is 5.44. The van der Waals surface area contributed by atoms with Crippen LogP contribution >= 0.6 is 0 Å². The van der Waals surface area contributed by atoms with Gasteiger partial charge in [-0.2, -0.15) is 15.8 Å². The van der Waals surface area contributed by atoms with Crippen LogP contribution in [0, 0.1) is 39.4 Å². The summed E-state index contributed by atoms with van der Waals surface area (Å²) in [7, 11) is 0. The fraction of sp³-hybridized carbons (Fsp3) is 0.417. The number of allylic oxidation sites excluding steroid dienone is 1. The van der Waals surface area contributed by atoms with Crippen LogP contribution in [0.3, 0.4) is 0 Å². The number of hydrogen-bond acceptors (Lipinski definition) is 5. The normalized spacial score (nSPS) is 19.1. The third kappa shape index (κ3) is 2.07. The van der Waals surface area contributed by atoms with E-state index < -0.39 is 6.10 Å². The Labute approximate surface area is 100.0 Å². The molecule has 0 aromatic heterocycles. The minimum Gasteiger partial charge on any atom is -0.470 e. The molecule has 17 heavy (non-hydrogen) atoms. The summed E-state index contributed by atoms with van der Waals surface area (Å²) in [6.07, 6.45) is -0.550. The van der Waals surface area contributed by atoms with Crippen molar-refractivity contribution < 1.29 is 4.74 Å². The van der Waals surface area contributed by atoms with Crippen LogP contribution in [0.1, 0.15) is 20.8 Å². The highest BCUT2D eigenvalue weighted by Crippen LogP contribution is 2.39. The first-order valence-electron chi connectivity index (χ1n) is 4.98. The lowest BCUT2D eigenvalue weighted by atomic mass is 9.81. The zero-order valence-corrected chi connectivity index (χ0v) is 9.90. The van der Waals surface area contributed by atoms with Gasteiger partial charge in [-0.3, -0.25) is 0 Å². The first kappa shape index (κ1) is 12.6. The van der Waals surface area contributed by atoms with Gasteiger partial charge in [-0.05, 0) is 0 Å². The summed E-state index contributed by atoms with van der Waals surface area (Å²) in [6.45, 7) is 5.66. The van der Waals surface area contributed by atoms with Gasteiger partial charge in [0.25, 0.3) is 0 Å². The van der Waals surface area contributed by atoms with Crippen LogP contribution in [0.5, 0.6) is 0 Å². The van der Waals surface area contributed by atoms with Crippen molar-refractivity contribution in [1.82, 2.24) is 0 Å². The van der Waals surface area contributed by atoms with Crippen LogP contribution in [0.4, 0.5) is 0 Å². The zero-order valence-electron chi connectivity index (χ0n) is 9.90. The molecule has 0 aliphatic carbocycles. The van der Waals surface area contributed by atoms with Gasteiger partial charge in [0.15, 0.2) is 0 Å². The van der Waals surface area contributed by atoms with Crippen LogP contribution in [0.15, 0.2) is 22.6 Å². The molecule has 0 unspecified atom stereocenters. The Balaban J connectivity index is 3.49. The molecule has 0 radical (unpaired) electrons. The lowest BCUT2D eigenvalue weighted by molar-refractivity contribution is 0.0708. The lowest BCUT2D eigenvalue weighted by Gasteiger charge is -2.27. The van der Waals surface area contributed by atoms with Crippen molar-refractivity contribution in [2.75, 3.05) is 0 Å². The van der Waals surface area contributed by atoms with Gasteiger partial charge in [0.2, 0.25) is 5.88 Å². The molecule has 0 aromatic rings. The number of rotatable bonds is 0. The average Bonchev–Trinajstić information content (AvgIpc) is 2.57. The SMILES string of the molecule is CC(C)(C)[C@@H]1OC(N)=C(C#N)C1=C(C#N)C#N. The van der Waals surface area contributed by atoms with E-state index in [1.54, 1.807) is 12.1 Å². The van der Waals surface area contributed by atoms with E-state index in [2.05, 4.69) is 0 Å². The fourth-order valence-corrected chi connectivity index (χ4v) is 1.64. The molecule has 1 atom stereocenters. The maximum absolute atomic E-state index is 9.01. The second kappa shape index (κ2) is 4.20. The highest BCUT2D eigenvalue weighted by molar-refractivity contribution is 5.59. The summed E-state index contributed by atoms with van der Waals surface area (Å²) in [5, 5.41) is 26.8. The monoisotopic (exact) mass is 228 g/mol. The molecule has 0 aromatic carbocycles. The van der Waals surface area contributed by atoms with E-state index in [4.69, 9.17) is 26.3 Å². The summed E-state index contributed by atoms with van der Waals surface area (Å²) in [5.41, 5.74) is 5.49. The van der Waals surface area contributed by atoms with Crippen molar-refractivity contribution in [2.24, 2.45) is 11.1 Å². The van der Waals surface area contributed by atoms with Crippen LogP contribution in [0.2, 0.25) is 0 Å². The summed E-state index contributed by atoms with van der Waals surface area (Å²) in [4.78, 5) is 0. The molecule has 1 aliphatic heterocycles. The van der Waals surface area contributed by atoms with Crippen LogP contribution in [-0.2, 0) is 4.74 Å². The Bertz CT molecular complexity index is 513. The van der Waals surface area contributed by atoms with E-state index in [1.165, 1.54) is 0 Å². The Kier molecular flexibility index (Phi) is 3.12. The van der Waals surface area contributed by atoms with Crippen molar-refractivity contribution in [3.05, 3.63) is 22.6 Å². The third-order valence-corrected chi connectivity index (χ3v) is 2.41. The summed E-state index contributed by atoms with van der Waals surface area (Å²) in [5.74, 6) is -0.0228. The standard InChI is InChI=1S/C12H12N4O/c1-12(2,3)10-9(7(4-13)5-14)8(6-15)11(16)17-10/h10H,16H2,1-3H3/t10-/m1/s1. The highest BCUT2D eigenvalue weighted by Gasteiger charge is 2.40. The number of nitrogens with two attached hydrogens (primary N) is 1. The van der Waals surface area contributed by atoms with Crippen molar-refractivity contribution >= 4 is 0 Å². The molecule has 5 heteroatoms. The van der Waals surface area contributed by atoms with Crippen molar-refractivity contribution in [3.63, 3.8) is 0 Å². The maximum Gasteiger partial charge on any atom is 0.203 e. The minimum atomic E-state index is -0.550. The van der Waals surface area contributed by atoms with Gasteiger partial charge in [-0.1, -0.05) is 20.8 Å². The molecule has 0 bridgehead atoms. The fourth-order valence-electron chi connectivity index (χ4n) is 1.64. The molecule has 86 valence electrons. The minimum absolute atomic E-state index is 0.0228. The molecule has 2 N–H and O–H groups in total. The Morgan fingerprint density at radius 1 is 1.24 bits per heavy atom. The van der Waals surface area contributed by atoms with Crippen LogP contribution in [-0.4, -0.2) is 6.10 Å². The smallest absolute Gasteiger partial charge is 0.203 e. The molecule has 1 rings (SSSR count). The molecule has 0 saturated heterocycles. The summed E-state index contributed by atoms with van der Waals surface area (Å²) < 4.78 is 5.40. The summed E-state index contributed by atoms with van der Waals surface area (Å²) >= 11 is 0. The Hall–Kier alpha value is -2.45. The molecule has 1 aliphatic rings. The largest absolute Gasteiger partial charge is 0.470 e. The van der Waals surface area contributed by atoms with E-state index in [0.29, 0.717) is 5.57 Å². The average molecular weight is 228 g/mol. The molecule has 0 saturated carbocycles. The number of nitriles is 3. The van der Waals surface area contributed by atoms with Gasteiger partial charge < -0.3 is 10.5 Å². The highest BCUT2D eigenvalue weighted by atomic mass is 16.5. The predicted molar refractivity (Wildman–Crippen MR) is 59.4 cm³/mol. The van der Waals surface area contributed by atoms with Crippen molar-refractivity contribution in [3.8, 4) is 18.2 Å². The van der Waals surface area contributed by atoms with Gasteiger partial charge in [0, 0.05) is 11.0 Å². The molecular weight excluding hydrogens is 216 g/mol. The first-order valence-corrected chi connectivity index (χ1v) is 4.98. The maximum atomic E-state index is 9.01. The lowest BCUT2D eigenvalue weighted by Crippen LogP contribution is -2.29. The molecular formula is C12H12N4O. The molecule has 5 nitrogen and oxygen atoms in total. The van der Waals surface area contributed by atoms with Gasteiger partial charge in [-0.25, -0.2) is 0 Å². The quantitative estimate of drug-likeness (QED) is 0.632. The Morgan fingerprint density at radius 2 is 1.76 bits per heavy atom. The molecule has 0 spiro atoms. The van der Waals surface area contributed by atoms with Crippen LogP contribution in [0.25, 0.3) is 0 Å². The number of hydrogen-bond donors (Lipinski definition) is 1. The van der Waals surface area contributed by atoms with Gasteiger partial charge in [0.1, 0.15) is 35.5 Å². The van der Waals surface area contributed by atoms with E-state index in [-0.39, 0.29) is 22.4 Å². The van der Waals surface area contributed by atoms with E-state index >= 15 is 0 Å². The third-order valence-electron chi connectivity index (χ3n) is 2.41. The second-order valence-corrected chi connectivity index (χ2v) is 4.73. The van der Waals surface area contributed by atoms with Gasteiger partial charge >= 0.3 is 0 Å². The zero-order chi connectivity index (χ0) is 13.2. The van der Waals surface area contributed by atoms with Gasteiger partial charge in [0.05, 0.1) is 0 Å². The topological polar surface area (TPSA) is 107 Å². The second-order valence-electron chi connectivity index (χ2n) is 4.73. The van der Waals surface area contributed by atoms with Gasteiger partial charge in [-0.15, -0.1) is 0 Å². The van der Waals surface area contributed by atoms with Crippen molar-refractivity contribution in [2.45, 2.75) is 26.9 Å². The van der Waals surface area contributed by atoms with E-state index in [1.807, 2.05) is 26.8 Å². The number of ether oxygens (including phenoxy) is 1. The first-order chi connectivity index (χ1) is 7.86. The molecule has 0 fully saturated rings. The van der Waals surface area contributed by atoms with Crippen molar-refractivity contribution in [1.29, 1.82) is 15.8 Å². The number of nitrogens with zero attached hydrogens (tertiary/aromatic N) is 3. The Morgan fingerprint density at radius 3 is 2.12 bits per heavy atom. The molecule has 1 heterocycles. The van der Waals surface area contributed by atoms with E-state index in [9.17, 15) is 0 Å². The van der Waals surface area contributed by atoms with Crippen LogP contribution < -0.4 is 5.73 Å². The van der Waals surface area contributed by atoms with E-state index in [0.717, 1.165) is 0 Å². The predicted octanol–water partition coefficient (Wildman–Crippen LogP) is 1.47.